The van der Waals surface area contributed by atoms with Crippen LogP contribution in [0.5, 0.6) is 0 Å². The predicted molar refractivity (Wildman–Crippen MR) is 72.3 cm³/mol. The molecule has 1 fully saturated rings. The van der Waals surface area contributed by atoms with Crippen molar-refractivity contribution in [1.29, 1.82) is 0 Å². The highest BCUT2D eigenvalue weighted by Gasteiger charge is 2.18. The quantitative estimate of drug-likeness (QED) is 0.800. The third-order valence-corrected chi connectivity index (χ3v) is 3.16. The van der Waals surface area contributed by atoms with Gasteiger partial charge in [0.05, 0.1) is 6.54 Å². The van der Waals surface area contributed by atoms with E-state index < -0.39 is 0 Å². The van der Waals surface area contributed by atoms with Gasteiger partial charge in [-0.1, -0.05) is 23.2 Å². The second kappa shape index (κ2) is 6.56. The zero-order valence-electron chi connectivity index (χ0n) is 9.12. The monoisotopic (exact) mass is 297 g/mol. The van der Waals surface area contributed by atoms with Crippen molar-refractivity contribution in [3.63, 3.8) is 0 Å². The van der Waals surface area contributed by atoms with Crippen molar-refractivity contribution in [2.75, 3.05) is 31.1 Å². The van der Waals surface area contributed by atoms with Crippen LogP contribution in [-0.2, 0) is 6.54 Å². The number of halogens is 3. The molecular formula is C9H14Cl3N5. The lowest BCUT2D eigenvalue weighted by atomic mass is 10.3. The molecule has 1 saturated heterocycles. The molecule has 2 heterocycles. The summed E-state index contributed by atoms with van der Waals surface area (Å²) in [5.74, 6) is 1.20. The molecule has 0 saturated carbocycles. The molecule has 0 spiro atoms. The zero-order chi connectivity index (χ0) is 11.5. The van der Waals surface area contributed by atoms with E-state index in [1.54, 1.807) is 0 Å². The molecule has 1 aromatic heterocycles. The third kappa shape index (κ3) is 3.33. The van der Waals surface area contributed by atoms with Gasteiger partial charge in [-0.05, 0) is 0 Å². The van der Waals surface area contributed by atoms with Gasteiger partial charge in [0.2, 0.25) is 0 Å². The Kier molecular flexibility index (Phi) is 5.69. The fourth-order valence-electron chi connectivity index (χ4n) is 1.63. The van der Waals surface area contributed by atoms with Gasteiger partial charge in [-0.2, -0.15) is 0 Å². The molecule has 0 unspecified atom stereocenters. The summed E-state index contributed by atoms with van der Waals surface area (Å²) in [6.45, 7) is 3.80. The van der Waals surface area contributed by atoms with Gasteiger partial charge in [0.1, 0.15) is 10.8 Å². The summed E-state index contributed by atoms with van der Waals surface area (Å²) in [5, 5.41) is 3.93. The number of nitrogens with two attached hydrogens (primary N) is 1. The number of piperazine rings is 1. The van der Waals surface area contributed by atoms with E-state index in [2.05, 4.69) is 20.2 Å². The van der Waals surface area contributed by atoms with Gasteiger partial charge in [0.25, 0.3) is 0 Å². The number of nitrogens with one attached hydrogen (secondary N) is 1. The molecule has 3 N–H and O–H groups in total. The average Bonchev–Trinajstić information content (AvgIpc) is 2.33. The van der Waals surface area contributed by atoms with Crippen molar-refractivity contribution in [1.82, 2.24) is 15.3 Å². The summed E-state index contributed by atoms with van der Waals surface area (Å²) < 4.78 is 0. The van der Waals surface area contributed by atoms with Gasteiger partial charge >= 0.3 is 0 Å². The molecule has 0 atom stereocenters. The molecule has 8 heteroatoms. The van der Waals surface area contributed by atoms with E-state index in [0.29, 0.717) is 16.7 Å². The Balaban J connectivity index is 0.00000144. The largest absolute Gasteiger partial charge is 0.353 e. The van der Waals surface area contributed by atoms with Crippen LogP contribution < -0.4 is 16.0 Å². The summed E-state index contributed by atoms with van der Waals surface area (Å²) in [5.41, 5.74) is 5.51. The highest BCUT2D eigenvalue weighted by molar-refractivity contribution is 6.42. The van der Waals surface area contributed by atoms with Crippen molar-refractivity contribution >= 4 is 41.4 Å². The van der Waals surface area contributed by atoms with Crippen LogP contribution in [0.1, 0.15) is 5.82 Å². The maximum absolute atomic E-state index is 6.10. The minimum absolute atomic E-state index is 0. The molecule has 0 aliphatic carbocycles. The van der Waals surface area contributed by atoms with Crippen LogP contribution in [0.15, 0.2) is 0 Å². The molecule has 0 radical (unpaired) electrons. The summed E-state index contributed by atoms with van der Waals surface area (Å²) in [7, 11) is 0. The molecule has 0 aromatic carbocycles. The molecule has 1 aliphatic heterocycles. The SMILES string of the molecule is Cl.NCc1nc(Cl)c(Cl)c(N2CCNCC2)n1. The standard InChI is InChI=1S/C9H13Cl2N5.ClH/c10-7-8(11)14-6(5-12)15-9(7)16-3-1-13-2-4-16;/h13H,1-5,12H2;1H. The maximum atomic E-state index is 6.10. The first-order valence-corrected chi connectivity index (χ1v) is 5.85. The van der Waals surface area contributed by atoms with Gasteiger partial charge in [0, 0.05) is 26.2 Å². The normalized spacial score (nSPS) is 15.6. The van der Waals surface area contributed by atoms with E-state index in [9.17, 15) is 0 Å². The lowest BCUT2D eigenvalue weighted by Crippen LogP contribution is -2.44. The van der Waals surface area contributed by atoms with Crippen LogP contribution in [0.25, 0.3) is 0 Å². The number of hydrogen-bond donors (Lipinski definition) is 2. The van der Waals surface area contributed by atoms with Crippen molar-refractivity contribution in [3.8, 4) is 0 Å². The minimum atomic E-state index is 0. The third-order valence-electron chi connectivity index (χ3n) is 2.44. The average molecular weight is 299 g/mol. The van der Waals surface area contributed by atoms with E-state index in [-0.39, 0.29) is 24.1 Å². The van der Waals surface area contributed by atoms with Crippen LogP contribution in [0.3, 0.4) is 0 Å². The minimum Gasteiger partial charge on any atom is -0.353 e. The molecule has 2 rings (SSSR count). The first-order chi connectivity index (χ1) is 7.72. The smallest absolute Gasteiger partial charge is 0.153 e. The molecule has 1 aliphatic rings. The van der Waals surface area contributed by atoms with E-state index in [1.807, 2.05) is 0 Å². The summed E-state index contributed by atoms with van der Waals surface area (Å²) in [4.78, 5) is 10.4. The van der Waals surface area contributed by atoms with Gasteiger partial charge in [-0.25, -0.2) is 9.97 Å². The van der Waals surface area contributed by atoms with E-state index in [1.165, 1.54) is 0 Å². The van der Waals surface area contributed by atoms with Gasteiger partial charge in [0.15, 0.2) is 11.0 Å². The summed E-state index contributed by atoms with van der Waals surface area (Å²) in [6, 6.07) is 0. The Bertz CT molecular complexity index is 381. The van der Waals surface area contributed by atoms with E-state index in [0.717, 1.165) is 26.2 Å². The van der Waals surface area contributed by atoms with Crippen LogP contribution in [0.2, 0.25) is 10.2 Å². The Labute approximate surface area is 116 Å². The van der Waals surface area contributed by atoms with Crippen molar-refractivity contribution in [3.05, 3.63) is 16.0 Å². The van der Waals surface area contributed by atoms with Crippen LogP contribution in [0.4, 0.5) is 5.82 Å². The first-order valence-electron chi connectivity index (χ1n) is 5.10. The molecular weight excluding hydrogens is 284 g/mol. The van der Waals surface area contributed by atoms with E-state index in [4.69, 9.17) is 28.9 Å². The Morgan fingerprint density at radius 1 is 1.24 bits per heavy atom. The molecule has 1 aromatic rings. The molecule has 17 heavy (non-hydrogen) atoms. The molecule has 96 valence electrons. The number of aromatic nitrogens is 2. The lowest BCUT2D eigenvalue weighted by molar-refractivity contribution is 0.583. The van der Waals surface area contributed by atoms with Crippen molar-refractivity contribution in [2.45, 2.75) is 6.54 Å². The summed E-state index contributed by atoms with van der Waals surface area (Å²) in [6.07, 6.45) is 0. The number of rotatable bonds is 2. The van der Waals surface area contributed by atoms with Crippen molar-refractivity contribution in [2.24, 2.45) is 5.73 Å². The second-order valence-electron chi connectivity index (χ2n) is 3.51. The predicted octanol–water partition coefficient (Wildman–Crippen LogP) is 1.07. The van der Waals surface area contributed by atoms with Crippen molar-refractivity contribution < 1.29 is 0 Å². The number of anilines is 1. The molecule has 0 amide bonds. The van der Waals surface area contributed by atoms with E-state index >= 15 is 0 Å². The zero-order valence-corrected chi connectivity index (χ0v) is 11.4. The first kappa shape index (κ1) is 14.7. The Morgan fingerprint density at radius 2 is 1.88 bits per heavy atom. The van der Waals surface area contributed by atoms with Gasteiger partial charge in [-0.3, -0.25) is 0 Å². The number of nitrogens with zero attached hydrogens (tertiary/aromatic N) is 3. The van der Waals surface area contributed by atoms with Crippen LogP contribution in [0, 0.1) is 0 Å². The lowest BCUT2D eigenvalue weighted by Gasteiger charge is -2.29. The van der Waals surface area contributed by atoms with Crippen LogP contribution in [-0.4, -0.2) is 36.1 Å². The topological polar surface area (TPSA) is 67.1 Å². The second-order valence-corrected chi connectivity index (χ2v) is 4.25. The highest BCUT2D eigenvalue weighted by Crippen LogP contribution is 2.29. The van der Waals surface area contributed by atoms with Gasteiger partial charge in [-0.15, -0.1) is 12.4 Å². The molecule has 0 bridgehead atoms. The fraction of sp³-hybridized carbons (Fsp3) is 0.556. The molecule has 5 nitrogen and oxygen atoms in total. The Morgan fingerprint density at radius 3 is 2.47 bits per heavy atom. The Hall–Kier alpha value is -0.330. The maximum Gasteiger partial charge on any atom is 0.153 e. The fourth-order valence-corrected chi connectivity index (χ4v) is 2.01. The number of hydrogen-bond acceptors (Lipinski definition) is 5. The van der Waals surface area contributed by atoms with Gasteiger partial charge < -0.3 is 16.0 Å². The summed E-state index contributed by atoms with van der Waals surface area (Å²) >= 11 is 12.0. The van der Waals surface area contributed by atoms with Crippen LogP contribution >= 0.6 is 35.6 Å². The highest BCUT2D eigenvalue weighted by atomic mass is 35.5.